The quantitative estimate of drug-likeness (QED) is 0.815. The summed E-state index contributed by atoms with van der Waals surface area (Å²) >= 11 is 0. The lowest BCUT2D eigenvalue weighted by atomic mass is 10.1. The molecule has 0 bridgehead atoms. The van der Waals surface area contributed by atoms with Crippen LogP contribution in [0.5, 0.6) is 0 Å². The van der Waals surface area contributed by atoms with Gasteiger partial charge >= 0.3 is 0 Å². The second kappa shape index (κ2) is 8.01. The van der Waals surface area contributed by atoms with Crippen LogP contribution in [0.4, 0.5) is 4.39 Å². The second-order valence-electron chi connectivity index (χ2n) is 5.79. The van der Waals surface area contributed by atoms with Gasteiger partial charge in [0.25, 0.3) is 0 Å². The molecule has 26 heavy (non-hydrogen) atoms. The number of aliphatic hydroxyl groups is 1. The first-order valence-electron chi connectivity index (χ1n) is 8.17. The van der Waals surface area contributed by atoms with E-state index in [1.807, 2.05) is 0 Å². The van der Waals surface area contributed by atoms with Crippen LogP contribution in [0, 0.1) is 12.7 Å². The lowest BCUT2D eigenvalue weighted by Gasteiger charge is -2.04. The second-order valence-corrected chi connectivity index (χ2v) is 5.79. The first-order chi connectivity index (χ1) is 12.6. The molecule has 0 fully saturated rings. The third-order valence-electron chi connectivity index (χ3n) is 3.94. The number of ketones is 1. The summed E-state index contributed by atoms with van der Waals surface area (Å²) in [5.41, 5.74) is 2.20. The predicted octanol–water partition coefficient (Wildman–Crippen LogP) is 2.38. The highest BCUT2D eigenvalue weighted by molar-refractivity contribution is 6.05. The third kappa shape index (κ3) is 4.02. The van der Waals surface area contributed by atoms with E-state index in [1.54, 1.807) is 13.0 Å². The van der Waals surface area contributed by atoms with Gasteiger partial charge in [0.05, 0.1) is 24.0 Å². The summed E-state index contributed by atoms with van der Waals surface area (Å²) in [5.74, 6) is 0.443. The number of aryl methyl sites for hydroxylation is 1. The van der Waals surface area contributed by atoms with Crippen molar-refractivity contribution in [3.05, 3.63) is 47.1 Å². The average molecular weight is 359 g/mol. The van der Waals surface area contributed by atoms with E-state index >= 15 is 0 Å². The summed E-state index contributed by atoms with van der Waals surface area (Å²) in [5, 5.41) is 12.8. The van der Waals surface area contributed by atoms with Crippen molar-refractivity contribution in [3.8, 4) is 11.4 Å². The van der Waals surface area contributed by atoms with Gasteiger partial charge in [0, 0.05) is 24.7 Å². The Morgan fingerprint density at radius 3 is 3.00 bits per heavy atom. The average Bonchev–Trinajstić information content (AvgIpc) is 3.25. The van der Waals surface area contributed by atoms with Crippen LogP contribution >= 0.6 is 0 Å². The van der Waals surface area contributed by atoms with Crippen LogP contribution in [-0.4, -0.2) is 40.1 Å². The predicted molar refractivity (Wildman–Crippen MR) is 90.9 cm³/mol. The van der Waals surface area contributed by atoms with Gasteiger partial charge in [-0.1, -0.05) is 5.16 Å². The molecule has 8 heteroatoms. The fourth-order valence-electron chi connectivity index (χ4n) is 2.48. The molecule has 0 saturated heterocycles. The number of hydrogen-bond acceptors (Lipinski definition) is 7. The SMILES string of the molecule is Cc1onc(-c2ccc(F)cn2)c1COC1=NCC(C(=O)CCCO)=C1. The molecule has 0 atom stereocenters. The molecule has 136 valence electrons. The Bertz CT molecular complexity index is 856. The van der Waals surface area contributed by atoms with Crippen LogP contribution in [0.15, 0.2) is 39.5 Å². The maximum atomic E-state index is 13.0. The number of pyridine rings is 1. The fraction of sp³-hybridized carbons (Fsp3) is 0.333. The van der Waals surface area contributed by atoms with Gasteiger partial charge in [-0.3, -0.25) is 9.78 Å². The van der Waals surface area contributed by atoms with E-state index in [9.17, 15) is 9.18 Å². The van der Waals surface area contributed by atoms with Crippen molar-refractivity contribution in [2.45, 2.75) is 26.4 Å². The third-order valence-corrected chi connectivity index (χ3v) is 3.94. The number of nitrogens with zero attached hydrogens (tertiary/aromatic N) is 3. The van der Waals surface area contributed by atoms with Crippen molar-refractivity contribution in [3.63, 3.8) is 0 Å². The Morgan fingerprint density at radius 1 is 1.42 bits per heavy atom. The van der Waals surface area contributed by atoms with E-state index in [-0.39, 0.29) is 32.0 Å². The Balaban J connectivity index is 1.67. The van der Waals surface area contributed by atoms with E-state index < -0.39 is 5.82 Å². The molecule has 2 aromatic heterocycles. The highest BCUT2D eigenvalue weighted by Crippen LogP contribution is 2.25. The van der Waals surface area contributed by atoms with Crippen LogP contribution < -0.4 is 0 Å². The number of aliphatic hydroxyl groups excluding tert-OH is 1. The first-order valence-corrected chi connectivity index (χ1v) is 8.17. The zero-order chi connectivity index (χ0) is 18.5. The number of rotatable bonds is 7. The molecule has 1 aliphatic heterocycles. The molecule has 0 radical (unpaired) electrons. The molecule has 0 unspecified atom stereocenters. The summed E-state index contributed by atoms with van der Waals surface area (Å²) in [7, 11) is 0. The van der Waals surface area contributed by atoms with E-state index in [2.05, 4.69) is 15.1 Å². The molecule has 7 nitrogen and oxygen atoms in total. The summed E-state index contributed by atoms with van der Waals surface area (Å²) in [6.07, 6.45) is 3.44. The maximum Gasteiger partial charge on any atom is 0.209 e. The minimum absolute atomic E-state index is 0.0177. The van der Waals surface area contributed by atoms with Gasteiger partial charge in [-0.15, -0.1) is 0 Å². The Kier molecular flexibility index (Phi) is 5.52. The number of hydrogen-bond donors (Lipinski definition) is 1. The summed E-state index contributed by atoms with van der Waals surface area (Å²) in [4.78, 5) is 20.1. The zero-order valence-corrected chi connectivity index (χ0v) is 14.2. The van der Waals surface area contributed by atoms with Gasteiger partial charge in [0.1, 0.15) is 23.9 Å². The van der Waals surface area contributed by atoms with Gasteiger partial charge in [-0.05, 0) is 25.5 Å². The summed E-state index contributed by atoms with van der Waals surface area (Å²) in [6.45, 7) is 2.14. The lowest BCUT2D eigenvalue weighted by Crippen LogP contribution is -2.05. The summed E-state index contributed by atoms with van der Waals surface area (Å²) < 4.78 is 23.9. The minimum atomic E-state index is -0.435. The van der Waals surface area contributed by atoms with Crippen molar-refractivity contribution in [1.82, 2.24) is 10.1 Å². The molecule has 0 aromatic carbocycles. The fourth-order valence-corrected chi connectivity index (χ4v) is 2.48. The molecule has 0 aliphatic carbocycles. The number of carbonyl (C=O) groups is 1. The van der Waals surface area contributed by atoms with Crippen molar-refractivity contribution < 1.29 is 23.6 Å². The molecular weight excluding hydrogens is 341 g/mol. The normalized spacial score (nSPS) is 13.5. The van der Waals surface area contributed by atoms with Crippen molar-refractivity contribution in [2.24, 2.45) is 4.99 Å². The molecule has 2 aromatic rings. The van der Waals surface area contributed by atoms with Crippen LogP contribution in [0.1, 0.15) is 24.2 Å². The molecule has 0 spiro atoms. The largest absolute Gasteiger partial charge is 0.473 e. The molecule has 0 amide bonds. The van der Waals surface area contributed by atoms with E-state index in [0.29, 0.717) is 40.6 Å². The number of Topliss-reactive ketones (excluding diaryl/α,β-unsaturated/α-hetero) is 1. The molecule has 0 saturated carbocycles. The highest BCUT2D eigenvalue weighted by atomic mass is 19.1. The standard InChI is InChI=1S/C18H18FN3O4/c1-11-14(18(22-26-11)15-5-4-13(19)9-20-15)10-25-17-7-12(8-21-17)16(24)3-2-6-23/h4-5,7,9,23H,2-3,6,8,10H2,1H3. The number of ether oxygens (including phenoxy) is 1. The maximum absolute atomic E-state index is 13.0. The van der Waals surface area contributed by atoms with E-state index in [0.717, 1.165) is 6.20 Å². The molecule has 3 rings (SSSR count). The van der Waals surface area contributed by atoms with Gasteiger partial charge < -0.3 is 14.4 Å². The molecule has 3 heterocycles. The van der Waals surface area contributed by atoms with Gasteiger partial charge in [0.2, 0.25) is 5.90 Å². The highest BCUT2D eigenvalue weighted by Gasteiger charge is 2.19. The van der Waals surface area contributed by atoms with E-state index in [1.165, 1.54) is 12.1 Å². The minimum Gasteiger partial charge on any atom is -0.473 e. The Morgan fingerprint density at radius 2 is 2.27 bits per heavy atom. The van der Waals surface area contributed by atoms with Gasteiger partial charge in [-0.25, -0.2) is 9.38 Å². The Hall–Kier alpha value is -2.87. The van der Waals surface area contributed by atoms with Gasteiger partial charge in [-0.2, -0.15) is 0 Å². The topological polar surface area (TPSA) is 97.8 Å². The molecule has 1 N–H and O–H groups in total. The van der Waals surface area contributed by atoms with Gasteiger partial charge in [0.15, 0.2) is 5.78 Å². The zero-order valence-electron chi connectivity index (χ0n) is 14.2. The lowest BCUT2D eigenvalue weighted by molar-refractivity contribution is -0.115. The van der Waals surface area contributed by atoms with Crippen LogP contribution in [0.25, 0.3) is 11.4 Å². The van der Waals surface area contributed by atoms with Crippen molar-refractivity contribution in [1.29, 1.82) is 0 Å². The van der Waals surface area contributed by atoms with Crippen LogP contribution in [0.2, 0.25) is 0 Å². The summed E-state index contributed by atoms with van der Waals surface area (Å²) in [6, 6.07) is 2.81. The van der Waals surface area contributed by atoms with Crippen LogP contribution in [-0.2, 0) is 16.1 Å². The van der Waals surface area contributed by atoms with Crippen molar-refractivity contribution in [2.75, 3.05) is 13.2 Å². The van der Waals surface area contributed by atoms with Crippen molar-refractivity contribution >= 4 is 11.7 Å². The molecule has 1 aliphatic rings. The number of aromatic nitrogens is 2. The number of carbonyl (C=O) groups excluding carboxylic acids is 1. The number of aliphatic imine (C=N–C) groups is 1. The first kappa shape index (κ1) is 17.9. The van der Waals surface area contributed by atoms with E-state index in [4.69, 9.17) is 14.4 Å². The van der Waals surface area contributed by atoms with Crippen LogP contribution in [0.3, 0.4) is 0 Å². The Labute approximate surface area is 149 Å². The molecular formula is C18H18FN3O4. The smallest absolute Gasteiger partial charge is 0.209 e. The number of halogens is 1. The monoisotopic (exact) mass is 359 g/mol.